The van der Waals surface area contributed by atoms with Gasteiger partial charge in [-0.05, 0) is 25.2 Å². The lowest BCUT2D eigenvalue weighted by molar-refractivity contribution is 0.804. The van der Waals surface area contributed by atoms with Gasteiger partial charge in [0.1, 0.15) is 0 Å². The monoisotopic (exact) mass is 210 g/mol. The molecule has 0 bridgehead atoms. The molecule has 0 radical (unpaired) electrons. The van der Waals surface area contributed by atoms with Gasteiger partial charge in [-0.25, -0.2) is 4.98 Å². The van der Waals surface area contributed by atoms with Crippen molar-refractivity contribution in [3.8, 4) is 0 Å². The van der Waals surface area contributed by atoms with Crippen molar-refractivity contribution in [2.45, 2.75) is 45.6 Å². The van der Waals surface area contributed by atoms with Gasteiger partial charge < -0.3 is 5.73 Å². The lowest BCUT2D eigenvalue weighted by atomic mass is 10.2. The third kappa shape index (κ3) is 2.34. The summed E-state index contributed by atoms with van der Waals surface area (Å²) in [6.45, 7) is 2.86. The van der Waals surface area contributed by atoms with Crippen molar-refractivity contribution >= 4 is 11.3 Å². The van der Waals surface area contributed by atoms with Crippen LogP contribution in [0.2, 0.25) is 0 Å². The highest BCUT2D eigenvalue weighted by molar-refractivity contribution is 7.11. The van der Waals surface area contributed by atoms with Gasteiger partial charge in [-0.15, -0.1) is 11.3 Å². The normalized spacial score (nSPS) is 16.1. The highest BCUT2D eigenvalue weighted by Crippen LogP contribution is 2.34. The van der Waals surface area contributed by atoms with E-state index in [1.807, 2.05) is 11.3 Å². The van der Waals surface area contributed by atoms with Gasteiger partial charge in [0.15, 0.2) is 0 Å². The maximum Gasteiger partial charge on any atom is 0.0934 e. The van der Waals surface area contributed by atoms with Crippen molar-refractivity contribution in [1.82, 2.24) is 4.98 Å². The van der Waals surface area contributed by atoms with E-state index in [2.05, 4.69) is 11.9 Å². The predicted molar refractivity (Wildman–Crippen MR) is 60.4 cm³/mol. The minimum Gasteiger partial charge on any atom is -0.326 e. The van der Waals surface area contributed by atoms with Crippen LogP contribution in [0.25, 0.3) is 0 Å². The highest BCUT2D eigenvalue weighted by atomic mass is 32.1. The number of thiazole rings is 1. The molecule has 1 heterocycles. The molecular weight excluding hydrogens is 192 g/mol. The molecule has 0 aliphatic heterocycles. The molecule has 0 spiro atoms. The molecule has 1 aromatic rings. The molecule has 78 valence electrons. The summed E-state index contributed by atoms with van der Waals surface area (Å²) >= 11 is 1.83. The molecule has 1 aliphatic carbocycles. The zero-order valence-electron chi connectivity index (χ0n) is 8.75. The van der Waals surface area contributed by atoms with E-state index in [1.165, 1.54) is 41.3 Å². The Morgan fingerprint density at radius 3 is 2.86 bits per heavy atom. The van der Waals surface area contributed by atoms with E-state index in [9.17, 15) is 0 Å². The van der Waals surface area contributed by atoms with Crippen molar-refractivity contribution in [2.24, 2.45) is 11.7 Å². The van der Waals surface area contributed by atoms with Gasteiger partial charge in [0.05, 0.1) is 10.7 Å². The number of hydrogen-bond donors (Lipinski definition) is 1. The summed E-state index contributed by atoms with van der Waals surface area (Å²) in [6, 6.07) is 0. The molecule has 0 amide bonds. The molecule has 1 fully saturated rings. The zero-order valence-corrected chi connectivity index (χ0v) is 9.57. The number of nitrogens with zero attached hydrogens (tertiary/aromatic N) is 1. The molecule has 0 unspecified atom stereocenters. The van der Waals surface area contributed by atoms with Crippen LogP contribution >= 0.6 is 11.3 Å². The number of hydrogen-bond acceptors (Lipinski definition) is 3. The summed E-state index contributed by atoms with van der Waals surface area (Å²) in [5, 5.41) is 1.32. The molecule has 2 nitrogen and oxygen atoms in total. The van der Waals surface area contributed by atoms with Crippen LogP contribution in [0.5, 0.6) is 0 Å². The Balaban J connectivity index is 2.08. The number of aryl methyl sites for hydroxylation is 1. The molecule has 14 heavy (non-hydrogen) atoms. The van der Waals surface area contributed by atoms with Gasteiger partial charge in [-0.2, -0.15) is 0 Å². The second-order valence-corrected chi connectivity index (χ2v) is 5.25. The number of rotatable bonds is 5. The minimum atomic E-state index is 0.664. The third-order valence-corrected chi connectivity index (χ3v) is 3.80. The van der Waals surface area contributed by atoms with E-state index in [1.54, 1.807) is 0 Å². The van der Waals surface area contributed by atoms with Crippen LogP contribution in [0.4, 0.5) is 0 Å². The first-order chi connectivity index (χ1) is 6.83. The predicted octanol–water partition coefficient (Wildman–Crippen LogP) is 2.51. The van der Waals surface area contributed by atoms with Crippen molar-refractivity contribution in [1.29, 1.82) is 0 Å². The van der Waals surface area contributed by atoms with Crippen LogP contribution in [0.1, 0.15) is 41.8 Å². The van der Waals surface area contributed by atoms with E-state index in [0.717, 1.165) is 12.3 Å². The fourth-order valence-electron chi connectivity index (χ4n) is 1.68. The van der Waals surface area contributed by atoms with Crippen LogP contribution in [0, 0.1) is 5.92 Å². The Kier molecular flexibility index (Phi) is 3.19. The Morgan fingerprint density at radius 1 is 1.50 bits per heavy atom. The maximum atomic E-state index is 5.71. The van der Waals surface area contributed by atoms with E-state index in [-0.39, 0.29) is 0 Å². The lowest BCUT2D eigenvalue weighted by Crippen LogP contribution is -1.98. The standard InChI is InChI=1S/C11H18N2S/c1-2-3-9-10(7-12)14-11(13-9)6-8-4-5-8/h8H,2-7,12H2,1H3. The lowest BCUT2D eigenvalue weighted by Gasteiger charge is -1.94. The second kappa shape index (κ2) is 4.41. The molecule has 1 aromatic heterocycles. The molecule has 0 saturated heterocycles. The summed E-state index contributed by atoms with van der Waals surface area (Å²) in [6.07, 6.45) is 6.26. The zero-order chi connectivity index (χ0) is 9.97. The smallest absolute Gasteiger partial charge is 0.0934 e. The van der Waals surface area contributed by atoms with E-state index in [0.29, 0.717) is 6.54 Å². The minimum absolute atomic E-state index is 0.664. The molecule has 1 aliphatic rings. The first-order valence-electron chi connectivity index (χ1n) is 5.51. The molecule has 1 saturated carbocycles. The molecule has 0 aromatic carbocycles. The highest BCUT2D eigenvalue weighted by Gasteiger charge is 2.23. The SMILES string of the molecule is CCCc1nc(CC2CC2)sc1CN. The summed E-state index contributed by atoms with van der Waals surface area (Å²) in [7, 11) is 0. The van der Waals surface area contributed by atoms with Crippen LogP contribution < -0.4 is 5.73 Å². The average molecular weight is 210 g/mol. The quantitative estimate of drug-likeness (QED) is 0.811. The maximum absolute atomic E-state index is 5.71. The topological polar surface area (TPSA) is 38.9 Å². The van der Waals surface area contributed by atoms with Crippen LogP contribution in [-0.2, 0) is 19.4 Å². The van der Waals surface area contributed by atoms with Gasteiger partial charge in [0.25, 0.3) is 0 Å². The fourth-order valence-corrected chi connectivity index (χ4v) is 2.79. The van der Waals surface area contributed by atoms with Gasteiger partial charge >= 0.3 is 0 Å². The summed E-state index contributed by atoms with van der Waals surface area (Å²) in [5.41, 5.74) is 6.97. The Morgan fingerprint density at radius 2 is 2.29 bits per heavy atom. The molecule has 2 N–H and O–H groups in total. The van der Waals surface area contributed by atoms with Crippen LogP contribution in [0.3, 0.4) is 0 Å². The van der Waals surface area contributed by atoms with E-state index >= 15 is 0 Å². The first-order valence-corrected chi connectivity index (χ1v) is 6.32. The van der Waals surface area contributed by atoms with Crippen LogP contribution in [-0.4, -0.2) is 4.98 Å². The summed E-state index contributed by atoms with van der Waals surface area (Å²) in [4.78, 5) is 6.00. The van der Waals surface area contributed by atoms with Crippen molar-refractivity contribution in [3.63, 3.8) is 0 Å². The first kappa shape index (κ1) is 10.1. The fraction of sp³-hybridized carbons (Fsp3) is 0.727. The number of aromatic nitrogens is 1. The molecule has 2 rings (SSSR count). The summed E-state index contributed by atoms with van der Waals surface area (Å²) in [5.74, 6) is 0.932. The van der Waals surface area contributed by atoms with Crippen molar-refractivity contribution < 1.29 is 0 Å². The molecule has 0 atom stereocenters. The third-order valence-electron chi connectivity index (χ3n) is 2.65. The molecular formula is C11H18N2S. The van der Waals surface area contributed by atoms with Crippen LogP contribution in [0.15, 0.2) is 0 Å². The van der Waals surface area contributed by atoms with Gasteiger partial charge in [0, 0.05) is 17.8 Å². The Bertz CT molecular complexity index is 302. The van der Waals surface area contributed by atoms with Gasteiger partial charge in [-0.3, -0.25) is 0 Å². The second-order valence-electron chi connectivity index (χ2n) is 4.08. The number of nitrogens with two attached hydrogens (primary N) is 1. The largest absolute Gasteiger partial charge is 0.326 e. The Hall–Kier alpha value is -0.410. The van der Waals surface area contributed by atoms with Crippen molar-refractivity contribution in [2.75, 3.05) is 0 Å². The van der Waals surface area contributed by atoms with E-state index in [4.69, 9.17) is 5.73 Å². The Labute approximate surface area is 89.5 Å². The van der Waals surface area contributed by atoms with Gasteiger partial charge in [-0.1, -0.05) is 13.3 Å². The van der Waals surface area contributed by atoms with E-state index < -0.39 is 0 Å². The summed E-state index contributed by atoms with van der Waals surface area (Å²) < 4.78 is 0. The van der Waals surface area contributed by atoms with Crippen molar-refractivity contribution in [3.05, 3.63) is 15.6 Å². The molecule has 3 heteroatoms. The average Bonchev–Trinajstić information content (AvgIpc) is 2.89. The van der Waals surface area contributed by atoms with Gasteiger partial charge in [0.2, 0.25) is 0 Å².